The van der Waals surface area contributed by atoms with Gasteiger partial charge in [-0.3, -0.25) is 9.69 Å². The Morgan fingerprint density at radius 3 is 2.64 bits per heavy atom. The highest BCUT2D eigenvalue weighted by Gasteiger charge is 2.34. The maximum atomic E-state index is 10.9. The fraction of sp³-hybridized carbons (Fsp3) is 0.900. The molecule has 0 aromatic heterocycles. The second kappa shape index (κ2) is 3.87. The third kappa shape index (κ3) is 1.91. The lowest BCUT2D eigenvalue weighted by Crippen LogP contribution is -2.60. The van der Waals surface area contributed by atoms with E-state index in [1.807, 2.05) is 0 Å². The van der Waals surface area contributed by atoms with Gasteiger partial charge in [-0.1, -0.05) is 0 Å². The van der Waals surface area contributed by atoms with E-state index in [1.165, 1.54) is 0 Å². The Kier molecular flexibility index (Phi) is 2.74. The van der Waals surface area contributed by atoms with Crippen molar-refractivity contribution >= 4 is 5.97 Å². The van der Waals surface area contributed by atoms with Gasteiger partial charge in [-0.25, -0.2) is 0 Å². The first-order chi connectivity index (χ1) is 6.66. The van der Waals surface area contributed by atoms with E-state index in [-0.39, 0.29) is 5.92 Å². The van der Waals surface area contributed by atoms with Crippen LogP contribution in [-0.2, 0) is 4.79 Å². The number of nitrogens with zero attached hydrogens (tertiary/aromatic N) is 2. The predicted octanol–water partition coefficient (Wildman–Crippen LogP) is 0.0970. The van der Waals surface area contributed by atoms with Crippen LogP contribution in [0.15, 0.2) is 0 Å². The molecule has 1 N–H and O–H groups in total. The monoisotopic (exact) mass is 198 g/mol. The lowest BCUT2D eigenvalue weighted by atomic mass is 9.95. The van der Waals surface area contributed by atoms with E-state index in [4.69, 9.17) is 5.11 Å². The van der Waals surface area contributed by atoms with Crippen molar-refractivity contribution < 1.29 is 9.90 Å². The van der Waals surface area contributed by atoms with Crippen molar-refractivity contribution in [3.8, 4) is 0 Å². The molecule has 80 valence electrons. The first-order valence-corrected chi connectivity index (χ1v) is 5.32. The van der Waals surface area contributed by atoms with Gasteiger partial charge in [-0.05, 0) is 26.4 Å². The first-order valence-electron chi connectivity index (χ1n) is 5.32. The molecule has 1 unspecified atom stereocenters. The van der Waals surface area contributed by atoms with Crippen LogP contribution in [0.2, 0.25) is 0 Å². The number of carboxylic acid groups (broad SMARTS) is 1. The van der Waals surface area contributed by atoms with Gasteiger partial charge in [-0.2, -0.15) is 0 Å². The van der Waals surface area contributed by atoms with E-state index in [2.05, 4.69) is 16.8 Å². The van der Waals surface area contributed by atoms with Gasteiger partial charge in [-0.15, -0.1) is 0 Å². The quantitative estimate of drug-likeness (QED) is 0.683. The number of hydrogen-bond acceptors (Lipinski definition) is 3. The van der Waals surface area contributed by atoms with Crippen molar-refractivity contribution in [2.75, 3.05) is 33.2 Å². The second-order valence-corrected chi connectivity index (χ2v) is 4.55. The largest absolute Gasteiger partial charge is 0.481 e. The van der Waals surface area contributed by atoms with Crippen LogP contribution in [0.1, 0.15) is 12.8 Å². The van der Waals surface area contributed by atoms with Crippen LogP contribution >= 0.6 is 0 Å². The van der Waals surface area contributed by atoms with Crippen molar-refractivity contribution in [1.29, 1.82) is 0 Å². The van der Waals surface area contributed by atoms with Crippen LogP contribution in [0.4, 0.5) is 0 Å². The fourth-order valence-corrected chi connectivity index (χ4v) is 2.44. The molecule has 2 aliphatic rings. The molecular formula is C10H18N2O2. The molecule has 1 atom stereocenters. The van der Waals surface area contributed by atoms with Gasteiger partial charge in [0.25, 0.3) is 0 Å². The molecule has 2 aliphatic heterocycles. The van der Waals surface area contributed by atoms with Crippen molar-refractivity contribution in [3.05, 3.63) is 0 Å². The van der Waals surface area contributed by atoms with Gasteiger partial charge in [0.2, 0.25) is 0 Å². The lowest BCUT2D eigenvalue weighted by molar-refractivity contribution is -0.144. The van der Waals surface area contributed by atoms with E-state index in [0.29, 0.717) is 6.04 Å². The minimum atomic E-state index is -0.623. The zero-order valence-electron chi connectivity index (χ0n) is 8.65. The van der Waals surface area contributed by atoms with Gasteiger partial charge in [0.1, 0.15) is 0 Å². The summed E-state index contributed by atoms with van der Waals surface area (Å²) in [7, 11) is 2.11. The summed E-state index contributed by atoms with van der Waals surface area (Å²) >= 11 is 0. The van der Waals surface area contributed by atoms with Crippen LogP contribution in [0, 0.1) is 5.92 Å². The first kappa shape index (κ1) is 9.93. The molecule has 0 aliphatic carbocycles. The lowest BCUT2D eigenvalue weighted by Gasteiger charge is -2.46. The van der Waals surface area contributed by atoms with E-state index < -0.39 is 5.97 Å². The van der Waals surface area contributed by atoms with Crippen molar-refractivity contribution in [2.24, 2.45) is 5.92 Å². The molecule has 0 amide bonds. The molecule has 0 radical (unpaired) electrons. The minimum absolute atomic E-state index is 0.130. The third-order valence-corrected chi connectivity index (χ3v) is 3.36. The fourth-order valence-electron chi connectivity index (χ4n) is 2.44. The van der Waals surface area contributed by atoms with E-state index in [0.717, 1.165) is 39.0 Å². The summed E-state index contributed by atoms with van der Waals surface area (Å²) in [5.74, 6) is -0.753. The maximum Gasteiger partial charge on any atom is 0.307 e. The van der Waals surface area contributed by atoms with Gasteiger partial charge in [0.05, 0.1) is 5.92 Å². The Balaban J connectivity index is 1.85. The maximum absolute atomic E-state index is 10.9. The molecule has 0 bridgehead atoms. The summed E-state index contributed by atoms with van der Waals surface area (Å²) < 4.78 is 0. The zero-order chi connectivity index (χ0) is 10.1. The summed E-state index contributed by atoms with van der Waals surface area (Å²) in [6, 6.07) is 0.613. The molecule has 2 fully saturated rings. The molecule has 2 saturated heterocycles. The summed E-state index contributed by atoms with van der Waals surface area (Å²) in [6.07, 6.45) is 1.89. The second-order valence-electron chi connectivity index (χ2n) is 4.55. The van der Waals surface area contributed by atoms with Gasteiger partial charge in [0, 0.05) is 25.7 Å². The molecule has 14 heavy (non-hydrogen) atoms. The number of hydrogen-bond donors (Lipinski definition) is 1. The third-order valence-electron chi connectivity index (χ3n) is 3.36. The molecular weight excluding hydrogens is 180 g/mol. The number of rotatable bonds is 2. The average Bonchev–Trinajstić information content (AvgIpc) is 2.13. The van der Waals surface area contributed by atoms with E-state index >= 15 is 0 Å². The molecule has 2 heterocycles. The molecule has 0 aromatic carbocycles. The Labute approximate surface area is 84.5 Å². The Hall–Kier alpha value is -0.610. The van der Waals surface area contributed by atoms with Gasteiger partial charge >= 0.3 is 5.97 Å². The smallest absolute Gasteiger partial charge is 0.307 e. The summed E-state index contributed by atoms with van der Waals surface area (Å²) in [4.78, 5) is 15.5. The molecule has 2 rings (SSSR count). The average molecular weight is 198 g/mol. The van der Waals surface area contributed by atoms with Gasteiger partial charge in [0.15, 0.2) is 0 Å². The van der Waals surface area contributed by atoms with Crippen molar-refractivity contribution in [1.82, 2.24) is 9.80 Å². The van der Waals surface area contributed by atoms with Crippen molar-refractivity contribution in [3.63, 3.8) is 0 Å². The molecule has 0 aromatic rings. The van der Waals surface area contributed by atoms with Crippen LogP contribution in [-0.4, -0.2) is 60.1 Å². The summed E-state index contributed by atoms with van der Waals surface area (Å²) in [5.41, 5.74) is 0. The minimum Gasteiger partial charge on any atom is -0.481 e. The number of piperidine rings is 1. The normalized spacial score (nSPS) is 31.4. The number of aliphatic carboxylic acids is 1. The molecule has 4 heteroatoms. The standard InChI is InChI=1S/C10H18N2O2/c1-11-6-9(7-11)12-4-2-3-8(5-12)10(13)14/h8-9H,2-7H2,1H3,(H,13,14). The Morgan fingerprint density at radius 1 is 1.36 bits per heavy atom. The van der Waals surface area contributed by atoms with Crippen LogP contribution < -0.4 is 0 Å². The number of likely N-dealkylation sites (N-methyl/N-ethyl adjacent to an activating group) is 1. The van der Waals surface area contributed by atoms with Crippen LogP contribution in [0.3, 0.4) is 0 Å². The number of carbonyl (C=O) groups is 1. The van der Waals surface area contributed by atoms with Crippen LogP contribution in [0.25, 0.3) is 0 Å². The topological polar surface area (TPSA) is 43.8 Å². The summed E-state index contributed by atoms with van der Waals surface area (Å²) in [6.45, 7) is 4.05. The highest BCUT2D eigenvalue weighted by atomic mass is 16.4. The Morgan fingerprint density at radius 2 is 2.07 bits per heavy atom. The number of likely N-dealkylation sites (tertiary alicyclic amines) is 2. The summed E-state index contributed by atoms with van der Waals surface area (Å²) in [5, 5.41) is 8.94. The molecule has 0 saturated carbocycles. The van der Waals surface area contributed by atoms with E-state index in [1.54, 1.807) is 0 Å². The zero-order valence-corrected chi connectivity index (χ0v) is 8.65. The molecule has 0 spiro atoms. The SMILES string of the molecule is CN1CC(N2CCCC(C(=O)O)C2)C1. The van der Waals surface area contributed by atoms with E-state index in [9.17, 15) is 4.79 Å². The number of carboxylic acids is 1. The Bertz CT molecular complexity index is 226. The molecule has 4 nitrogen and oxygen atoms in total. The predicted molar refractivity (Wildman–Crippen MR) is 53.2 cm³/mol. The van der Waals surface area contributed by atoms with Crippen LogP contribution in [0.5, 0.6) is 0 Å². The highest BCUT2D eigenvalue weighted by Crippen LogP contribution is 2.22. The highest BCUT2D eigenvalue weighted by molar-refractivity contribution is 5.70. The van der Waals surface area contributed by atoms with Crippen molar-refractivity contribution in [2.45, 2.75) is 18.9 Å². The van der Waals surface area contributed by atoms with Gasteiger partial charge < -0.3 is 10.0 Å².